The Kier molecular flexibility index (Phi) is 6.07. The maximum Gasteiger partial charge on any atom is 0.123 e. The Bertz CT molecular complexity index is 878. The van der Waals surface area contributed by atoms with Gasteiger partial charge in [-0.25, -0.2) is 9.37 Å². The topological polar surface area (TPSA) is 71.5 Å². The Morgan fingerprint density at radius 3 is 2.85 bits per heavy atom. The number of hydrogen-bond acceptors (Lipinski definition) is 5. The van der Waals surface area contributed by atoms with Gasteiger partial charge in [0, 0.05) is 35.3 Å². The Morgan fingerprint density at radius 2 is 2.22 bits per heavy atom. The molecule has 1 saturated carbocycles. The van der Waals surface area contributed by atoms with Gasteiger partial charge in [-0.3, -0.25) is 4.99 Å². The lowest BCUT2D eigenvalue weighted by molar-refractivity contribution is 0.199. The third kappa shape index (κ3) is 5.02. The number of thiazole rings is 1. The summed E-state index contributed by atoms with van der Waals surface area (Å²) in [7, 11) is 0. The van der Waals surface area contributed by atoms with Gasteiger partial charge in [-0.05, 0) is 68.9 Å². The molecule has 1 aromatic heterocycles. The highest BCUT2D eigenvalue weighted by Crippen LogP contribution is 2.35. The summed E-state index contributed by atoms with van der Waals surface area (Å²) in [5.74, 6) is 0.364. The van der Waals surface area contributed by atoms with Gasteiger partial charge in [-0.2, -0.15) is 0 Å². The standard InChI is InChI=1S/C21H26FN3OS/c1-12(23)16(11-24-10-15-4-5-15)8-20-21(25-14(3)27-20)18-7-6-17(22)9-19(18)13(2)26/h6-7,9,11,13,15,26H,4-5,8,10,23H2,1-3H3/t13-/m1/s1. The molecule has 0 amide bonds. The van der Waals surface area contributed by atoms with Crippen molar-refractivity contribution in [2.24, 2.45) is 16.6 Å². The van der Waals surface area contributed by atoms with Gasteiger partial charge in [-0.1, -0.05) is 0 Å². The molecule has 0 bridgehead atoms. The highest BCUT2D eigenvalue weighted by molar-refractivity contribution is 7.12. The fraction of sp³-hybridized carbons (Fsp3) is 0.429. The Labute approximate surface area is 163 Å². The van der Waals surface area contributed by atoms with Crippen LogP contribution in [0.25, 0.3) is 11.3 Å². The van der Waals surface area contributed by atoms with Crippen LogP contribution in [0.1, 0.15) is 48.2 Å². The third-order valence-corrected chi connectivity index (χ3v) is 5.66. The van der Waals surface area contributed by atoms with Crippen LogP contribution < -0.4 is 5.73 Å². The van der Waals surface area contributed by atoms with Crippen LogP contribution in [-0.4, -0.2) is 22.8 Å². The van der Waals surface area contributed by atoms with Crippen molar-refractivity contribution in [3.63, 3.8) is 0 Å². The fourth-order valence-corrected chi connectivity index (χ4v) is 3.94. The summed E-state index contributed by atoms with van der Waals surface area (Å²) >= 11 is 1.59. The number of halogens is 1. The zero-order chi connectivity index (χ0) is 19.6. The Morgan fingerprint density at radius 1 is 1.48 bits per heavy atom. The molecule has 0 unspecified atom stereocenters. The molecule has 1 atom stereocenters. The number of aliphatic imine (C=N–C) groups is 1. The van der Waals surface area contributed by atoms with Crippen molar-refractivity contribution in [1.82, 2.24) is 4.98 Å². The van der Waals surface area contributed by atoms with E-state index >= 15 is 0 Å². The number of aliphatic hydroxyl groups excluding tert-OH is 1. The third-order valence-electron chi connectivity index (χ3n) is 4.69. The van der Waals surface area contributed by atoms with E-state index in [0.717, 1.165) is 44.9 Å². The van der Waals surface area contributed by atoms with Gasteiger partial charge < -0.3 is 10.8 Å². The minimum absolute atomic E-state index is 0.367. The molecule has 0 aliphatic heterocycles. The highest BCUT2D eigenvalue weighted by Gasteiger charge is 2.21. The number of benzene rings is 1. The van der Waals surface area contributed by atoms with Crippen LogP contribution in [0.2, 0.25) is 0 Å². The summed E-state index contributed by atoms with van der Waals surface area (Å²) < 4.78 is 13.7. The lowest BCUT2D eigenvalue weighted by Crippen LogP contribution is -2.04. The average molecular weight is 388 g/mol. The minimum atomic E-state index is -0.781. The van der Waals surface area contributed by atoms with E-state index in [9.17, 15) is 9.50 Å². The van der Waals surface area contributed by atoms with Crippen LogP contribution in [0.15, 0.2) is 34.5 Å². The predicted molar refractivity (Wildman–Crippen MR) is 110 cm³/mol. The molecular weight excluding hydrogens is 361 g/mol. The van der Waals surface area contributed by atoms with Crippen LogP contribution in [0, 0.1) is 18.7 Å². The molecule has 0 saturated heterocycles. The number of hydrogen-bond donors (Lipinski definition) is 2. The van der Waals surface area contributed by atoms with Gasteiger partial charge in [-0.15, -0.1) is 11.3 Å². The second-order valence-electron chi connectivity index (χ2n) is 7.23. The molecule has 0 spiro atoms. The second-order valence-corrected chi connectivity index (χ2v) is 8.52. The number of allylic oxidation sites excluding steroid dienone is 2. The van der Waals surface area contributed by atoms with Crippen molar-refractivity contribution in [2.75, 3.05) is 6.54 Å². The van der Waals surface area contributed by atoms with E-state index in [1.165, 1.54) is 25.0 Å². The molecule has 6 heteroatoms. The van der Waals surface area contributed by atoms with E-state index in [4.69, 9.17) is 5.73 Å². The molecule has 2 aromatic rings. The van der Waals surface area contributed by atoms with Crippen LogP contribution in [-0.2, 0) is 6.42 Å². The first kappa shape index (κ1) is 19.7. The molecule has 4 nitrogen and oxygen atoms in total. The number of aromatic nitrogens is 1. The Balaban J connectivity index is 1.94. The van der Waals surface area contributed by atoms with Crippen molar-refractivity contribution < 1.29 is 9.50 Å². The summed E-state index contributed by atoms with van der Waals surface area (Å²) in [6.07, 6.45) is 4.25. The van der Waals surface area contributed by atoms with Crippen LogP contribution in [0.5, 0.6) is 0 Å². The number of aryl methyl sites for hydroxylation is 1. The fourth-order valence-electron chi connectivity index (χ4n) is 2.97. The largest absolute Gasteiger partial charge is 0.402 e. The molecular formula is C21H26FN3OS. The first-order valence-electron chi connectivity index (χ1n) is 9.24. The lowest BCUT2D eigenvalue weighted by atomic mass is 9.98. The lowest BCUT2D eigenvalue weighted by Gasteiger charge is -2.12. The first-order chi connectivity index (χ1) is 12.8. The minimum Gasteiger partial charge on any atom is -0.402 e. The summed E-state index contributed by atoms with van der Waals surface area (Å²) in [6, 6.07) is 4.47. The number of nitrogens with zero attached hydrogens (tertiary/aromatic N) is 2. The second kappa shape index (κ2) is 8.31. The Hall–Kier alpha value is -2.05. The monoisotopic (exact) mass is 387 g/mol. The van der Waals surface area contributed by atoms with Crippen molar-refractivity contribution >= 4 is 17.6 Å². The maximum atomic E-state index is 13.7. The molecule has 1 aromatic carbocycles. The summed E-state index contributed by atoms with van der Waals surface area (Å²) in [6.45, 7) is 6.32. The molecule has 1 aliphatic rings. The van der Waals surface area contributed by atoms with Crippen molar-refractivity contribution in [3.05, 3.63) is 50.7 Å². The number of rotatable bonds is 7. The van der Waals surface area contributed by atoms with Gasteiger partial charge >= 0.3 is 0 Å². The molecule has 144 valence electrons. The van der Waals surface area contributed by atoms with E-state index in [2.05, 4.69) is 9.98 Å². The van der Waals surface area contributed by atoms with E-state index in [-0.39, 0.29) is 5.82 Å². The summed E-state index contributed by atoms with van der Waals surface area (Å²) in [4.78, 5) is 10.3. The first-order valence-corrected chi connectivity index (χ1v) is 10.1. The molecule has 1 fully saturated rings. The quantitative estimate of drug-likeness (QED) is 0.684. The van der Waals surface area contributed by atoms with Gasteiger partial charge in [0.05, 0.1) is 16.8 Å². The number of nitrogens with two attached hydrogens (primary N) is 1. The molecule has 3 rings (SSSR count). The number of aliphatic hydroxyl groups is 1. The smallest absolute Gasteiger partial charge is 0.123 e. The molecule has 0 radical (unpaired) electrons. The molecule has 1 aliphatic carbocycles. The molecule has 3 N–H and O–H groups in total. The van der Waals surface area contributed by atoms with Gasteiger partial charge in [0.2, 0.25) is 0 Å². The van der Waals surface area contributed by atoms with E-state index in [1.807, 2.05) is 20.1 Å². The van der Waals surface area contributed by atoms with Crippen LogP contribution in [0.3, 0.4) is 0 Å². The predicted octanol–water partition coefficient (Wildman–Crippen LogP) is 4.57. The van der Waals surface area contributed by atoms with E-state index < -0.39 is 6.10 Å². The summed E-state index contributed by atoms with van der Waals surface area (Å²) in [5.41, 5.74) is 9.88. The highest BCUT2D eigenvalue weighted by atomic mass is 32.1. The zero-order valence-electron chi connectivity index (χ0n) is 16.0. The van der Waals surface area contributed by atoms with Gasteiger partial charge in [0.25, 0.3) is 0 Å². The van der Waals surface area contributed by atoms with E-state index in [0.29, 0.717) is 12.0 Å². The van der Waals surface area contributed by atoms with Crippen molar-refractivity contribution in [3.8, 4) is 11.3 Å². The van der Waals surface area contributed by atoms with Gasteiger partial charge in [0.15, 0.2) is 0 Å². The average Bonchev–Trinajstić information content (AvgIpc) is 3.35. The van der Waals surface area contributed by atoms with Crippen LogP contribution >= 0.6 is 11.3 Å². The van der Waals surface area contributed by atoms with E-state index in [1.54, 1.807) is 24.3 Å². The zero-order valence-corrected chi connectivity index (χ0v) is 16.8. The molecule has 1 heterocycles. The SMILES string of the molecule is CC(N)=C(C=NCC1CC1)Cc1sc(C)nc1-c1ccc(F)cc1[C@@H](C)O. The van der Waals surface area contributed by atoms with Gasteiger partial charge in [0.1, 0.15) is 5.82 Å². The van der Waals surface area contributed by atoms with Crippen molar-refractivity contribution in [2.45, 2.75) is 46.1 Å². The maximum absolute atomic E-state index is 13.7. The van der Waals surface area contributed by atoms with Crippen molar-refractivity contribution in [1.29, 1.82) is 0 Å². The summed E-state index contributed by atoms with van der Waals surface area (Å²) in [5, 5.41) is 11.0. The normalized spacial score (nSPS) is 16.6. The van der Waals surface area contributed by atoms with Crippen LogP contribution in [0.4, 0.5) is 4.39 Å². The molecule has 27 heavy (non-hydrogen) atoms.